The van der Waals surface area contributed by atoms with Crippen LogP contribution in [0.5, 0.6) is 0 Å². The lowest BCUT2D eigenvalue weighted by molar-refractivity contribution is 0.701. The lowest BCUT2D eigenvalue weighted by Gasteiger charge is -2.08. The predicted octanol–water partition coefficient (Wildman–Crippen LogP) is 2.06. The van der Waals surface area contributed by atoms with Gasteiger partial charge in [0.1, 0.15) is 10.2 Å². The maximum absolute atomic E-state index is 10.5. The van der Waals surface area contributed by atoms with E-state index in [1.54, 1.807) is 0 Å². The van der Waals surface area contributed by atoms with E-state index in [9.17, 15) is 4.21 Å². The highest BCUT2D eigenvalue weighted by Gasteiger charge is 2.03. The molecule has 0 saturated heterocycles. The van der Waals surface area contributed by atoms with E-state index >= 15 is 0 Å². The van der Waals surface area contributed by atoms with Gasteiger partial charge < -0.3 is 0 Å². The second kappa shape index (κ2) is 4.85. The number of hydrogen-bond donors (Lipinski definition) is 0. The van der Waals surface area contributed by atoms with Crippen LogP contribution in [0.15, 0.2) is 11.5 Å². The van der Waals surface area contributed by atoms with Crippen molar-refractivity contribution in [3.05, 3.63) is 11.5 Å². The summed E-state index contributed by atoms with van der Waals surface area (Å²) in [6, 6.07) is 0. The number of hydrogen-bond acceptors (Lipinski definition) is 1. The van der Waals surface area contributed by atoms with Crippen molar-refractivity contribution in [1.29, 1.82) is 0 Å². The maximum atomic E-state index is 10.5. The van der Waals surface area contributed by atoms with Gasteiger partial charge in [-0.15, -0.1) is 0 Å². The first kappa shape index (κ1) is 10.1. The van der Waals surface area contributed by atoms with Gasteiger partial charge in [-0.05, 0) is 11.3 Å². The van der Waals surface area contributed by atoms with Crippen molar-refractivity contribution >= 4 is 19.7 Å². The first-order valence-corrected chi connectivity index (χ1v) is 5.89. The van der Waals surface area contributed by atoms with E-state index in [4.69, 9.17) is 0 Å². The Hall–Kier alpha value is 0.110. The Balaban J connectivity index is 4.39. The largest absolute Gasteiger partial charge is 0.205 e. The standard InChI is InChI=1S/C7H14OS2/c1-5-7(4)10(9-8)6(2)3/h6H,4-5H2,1-3H3. The molecule has 60 valence electrons. The van der Waals surface area contributed by atoms with Gasteiger partial charge in [-0.1, -0.05) is 36.8 Å². The van der Waals surface area contributed by atoms with E-state index < -0.39 is 0 Å². The fourth-order valence-corrected chi connectivity index (χ4v) is 2.92. The average Bonchev–Trinajstić information content (AvgIpc) is 1.88. The molecule has 0 spiro atoms. The van der Waals surface area contributed by atoms with Crippen LogP contribution in [-0.4, -0.2) is 9.46 Å². The molecule has 0 bridgehead atoms. The van der Waals surface area contributed by atoms with Gasteiger partial charge in [0.2, 0.25) is 0 Å². The molecule has 3 heteroatoms. The monoisotopic (exact) mass is 178 g/mol. The summed E-state index contributed by atoms with van der Waals surface area (Å²) < 4.78 is 10.5. The molecule has 0 aromatic rings. The summed E-state index contributed by atoms with van der Waals surface area (Å²) in [4.78, 5) is 1.09. The molecule has 0 rings (SSSR count). The molecule has 0 saturated carbocycles. The summed E-state index contributed by atoms with van der Waals surface area (Å²) >= 11 is 0. The quantitative estimate of drug-likeness (QED) is 0.646. The SMILES string of the molecule is C=C(CC)S(=S=O)C(C)C. The van der Waals surface area contributed by atoms with Gasteiger partial charge in [-0.2, -0.15) is 0 Å². The fraction of sp³-hybridized carbons (Fsp3) is 0.714. The summed E-state index contributed by atoms with van der Waals surface area (Å²) in [5.41, 5.74) is 0. The predicted molar refractivity (Wildman–Crippen MR) is 50.1 cm³/mol. The van der Waals surface area contributed by atoms with Crippen molar-refractivity contribution in [3.63, 3.8) is 0 Å². The lowest BCUT2D eigenvalue weighted by atomic mass is 10.5. The van der Waals surface area contributed by atoms with Crippen molar-refractivity contribution in [1.82, 2.24) is 0 Å². The molecular weight excluding hydrogens is 164 g/mol. The summed E-state index contributed by atoms with van der Waals surface area (Å²) in [5.74, 6) is 0. The van der Waals surface area contributed by atoms with E-state index in [-0.39, 0.29) is 9.45 Å². The zero-order valence-corrected chi connectivity index (χ0v) is 8.35. The zero-order valence-electron chi connectivity index (χ0n) is 6.72. The van der Waals surface area contributed by atoms with Crippen LogP contribution in [0.2, 0.25) is 0 Å². The third-order valence-corrected chi connectivity index (χ3v) is 5.34. The van der Waals surface area contributed by atoms with E-state index in [2.05, 4.69) is 20.4 Å². The number of rotatable bonds is 3. The van der Waals surface area contributed by atoms with Gasteiger partial charge in [-0.25, -0.2) is 4.21 Å². The molecule has 1 nitrogen and oxygen atoms in total. The van der Waals surface area contributed by atoms with E-state index in [1.807, 2.05) is 6.92 Å². The zero-order chi connectivity index (χ0) is 8.15. The highest BCUT2D eigenvalue weighted by molar-refractivity contribution is 8.33. The van der Waals surface area contributed by atoms with Crippen LogP contribution >= 0.6 is 0 Å². The van der Waals surface area contributed by atoms with Gasteiger partial charge in [-0.3, -0.25) is 0 Å². The van der Waals surface area contributed by atoms with Gasteiger partial charge in [0.05, 0.1) is 0 Å². The van der Waals surface area contributed by atoms with E-state index in [1.165, 1.54) is 0 Å². The Morgan fingerprint density at radius 2 is 2.20 bits per heavy atom. The van der Waals surface area contributed by atoms with Crippen LogP contribution in [-0.2, 0) is 19.7 Å². The fourth-order valence-electron chi connectivity index (χ4n) is 0.602. The Morgan fingerprint density at radius 3 is 2.30 bits per heavy atom. The molecule has 0 aliphatic heterocycles. The third-order valence-electron chi connectivity index (χ3n) is 1.18. The first-order valence-electron chi connectivity index (χ1n) is 3.34. The van der Waals surface area contributed by atoms with E-state index in [0.29, 0.717) is 15.5 Å². The van der Waals surface area contributed by atoms with Crippen LogP contribution < -0.4 is 0 Å². The minimum atomic E-state index is -0.161. The average molecular weight is 178 g/mol. The minimum absolute atomic E-state index is 0.161. The molecule has 0 heterocycles. The van der Waals surface area contributed by atoms with Gasteiger partial charge >= 0.3 is 0 Å². The highest BCUT2D eigenvalue weighted by Crippen LogP contribution is 2.09. The molecule has 0 aliphatic carbocycles. The highest BCUT2D eigenvalue weighted by atomic mass is 32.8. The van der Waals surface area contributed by atoms with Crippen molar-refractivity contribution in [3.8, 4) is 0 Å². The molecular formula is C7H14OS2. The van der Waals surface area contributed by atoms with Crippen molar-refractivity contribution in [2.24, 2.45) is 0 Å². The second-order valence-electron chi connectivity index (χ2n) is 2.31. The maximum Gasteiger partial charge on any atom is 0.125 e. The second-order valence-corrected chi connectivity index (χ2v) is 6.04. The molecule has 10 heavy (non-hydrogen) atoms. The summed E-state index contributed by atoms with van der Waals surface area (Å²) in [6.45, 7) is 10.0. The van der Waals surface area contributed by atoms with Gasteiger partial charge in [0.15, 0.2) is 0 Å². The molecule has 0 amide bonds. The van der Waals surface area contributed by atoms with Crippen LogP contribution in [0.3, 0.4) is 0 Å². The van der Waals surface area contributed by atoms with Crippen molar-refractivity contribution < 1.29 is 4.21 Å². The summed E-state index contributed by atoms with van der Waals surface area (Å²) in [7, 11) is 0.528. The van der Waals surface area contributed by atoms with E-state index in [0.717, 1.165) is 11.3 Å². The third kappa shape index (κ3) is 2.80. The molecule has 0 fully saturated rings. The molecule has 0 aromatic carbocycles. The molecule has 1 unspecified atom stereocenters. The van der Waals surface area contributed by atoms with Gasteiger partial charge in [0, 0.05) is 5.25 Å². The molecule has 0 N–H and O–H groups in total. The molecule has 0 aromatic heterocycles. The van der Waals surface area contributed by atoms with Crippen LogP contribution in [0.1, 0.15) is 27.2 Å². The normalized spacial score (nSPS) is 13.2. The van der Waals surface area contributed by atoms with Crippen LogP contribution in [0.25, 0.3) is 0 Å². The Kier molecular flexibility index (Phi) is 4.91. The van der Waals surface area contributed by atoms with Crippen LogP contribution in [0, 0.1) is 0 Å². The summed E-state index contributed by atoms with van der Waals surface area (Å²) in [5, 5.41) is 0.440. The first-order chi connectivity index (χ1) is 4.63. The smallest absolute Gasteiger partial charge is 0.125 e. The lowest BCUT2D eigenvalue weighted by Crippen LogP contribution is -2.05. The minimum Gasteiger partial charge on any atom is -0.205 e. The molecule has 0 radical (unpaired) electrons. The van der Waals surface area contributed by atoms with Crippen molar-refractivity contribution in [2.75, 3.05) is 0 Å². The number of allylic oxidation sites excluding steroid dienone is 1. The Morgan fingerprint density at radius 1 is 1.70 bits per heavy atom. The summed E-state index contributed by atoms with van der Waals surface area (Å²) in [6.07, 6.45) is 0.927. The Labute approximate surface area is 68.2 Å². The Bertz CT molecular complexity index is 178. The molecule has 1 atom stereocenters. The van der Waals surface area contributed by atoms with Crippen LogP contribution in [0.4, 0.5) is 0 Å². The van der Waals surface area contributed by atoms with Crippen molar-refractivity contribution in [2.45, 2.75) is 32.4 Å². The molecule has 0 aliphatic rings. The van der Waals surface area contributed by atoms with Gasteiger partial charge in [0.25, 0.3) is 0 Å². The topological polar surface area (TPSA) is 17.1 Å².